The molecular formula is C16H26N2. The number of hydrogen-bond acceptors (Lipinski definition) is 2. The second kappa shape index (κ2) is 4.27. The number of benzene rings is 1. The Kier molecular flexibility index (Phi) is 3.18. The van der Waals surface area contributed by atoms with Crippen molar-refractivity contribution in [3.05, 3.63) is 29.3 Å². The van der Waals surface area contributed by atoms with Crippen molar-refractivity contribution in [2.24, 2.45) is 0 Å². The first kappa shape index (κ1) is 13.4. The number of piperazine rings is 1. The minimum Gasteiger partial charge on any atom is -0.359 e. The van der Waals surface area contributed by atoms with Crippen molar-refractivity contribution in [2.75, 3.05) is 18.0 Å². The molecule has 18 heavy (non-hydrogen) atoms. The number of nitrogens with one attached hydrogen (secondary N) is 1. The average molecular weight is 246 g/mol. The van der Waals surface area contributed by atoms with Gasteiger partial charge in [0.1, 0.15) is 0 Å². The summed E-state index contributed by atoms with van der Waals surface area (Å²) in [6.07, 6.45) is 0. The van der Waals surface area contributed by atoms with Gasteiger partial charge in [0, 0.05) is 29.9 Å². The monoisotopic (exact) mass is 246 g/mol. The molecule has 1 fully saturated rings. The molecule has 1 aliphatic rings. The van der Waals surface area contributed by atoms with Crippen LogP contribution in [0.5, 0.6) is 0 Å². The van der Waals surface area contributed by atoms with Crippen molar-refractivity contribution >= 4 is 5.69 Å². The molecule has 1 aromatic rings. The predicted octanol–water partition coefficient (Wildman–Crippen LogP) is 3.27. The maximum Gasteiger partial charge on any atom is 0.0476 e. The van der Waals surface area contributed by atoms with E-state index in [1.54, 1.807) is 0 Å². The molecule has 0 bridgehead atoms. The van der Waals surface area contributed by atoms with Crippen LogP contribution in [0.4, 0.5) is 5.69 Å². The standard InChI is InChI=1S/C16H26N2/c1-12-7-8-14(13(2)9-12)18-15(3,4)10-17-11-16(18,5)6/h7-9,17H,10-11H2,1-6H3. The van der Waals surface area contributed by atoms with Gasteiger partial charge < -0.3 is 10.2 Å². The van der Waals surface area contributed by atoms with E-state index in [0.717, 1.165) is 13.1 Å². The van der Waals surface area contributed by atoms with Gasteiger partial charge in [-0.2, -0.15) is 0 Å². The Hall–Kier alpha value is -1.02. The third-order valence-electron chi connectivity index (χ3n) is 3.92. The van der Waals surface area contributed by atoms with Gasteiger partial charge in [-0.1, -0.05) is 17.7 Å². The van der Waals surface area contributed by atoms with E-state index >= 15 is 0 Å². The summed E-state index contributed by atoms with van der Waals surface area (Å²) in [5.74, 6) is 0. The lowest BCUT2D eigenvalue weighted by Crippen LogP contribution is -2.68. The van der Waals surface area contributed by atoms with Crippen LogP contribution in [0.1, 0.15) is 38.8 Å². The van der Waals surface area contributed by atoms with Gasteiger partial charge in [0.25, 0.3) is 0 Å². The van der Waals surface area contributed by atoms with Gasteiger partial charge in [-0.15, -0.1) is 0 Å². The molecule has 0 spiro atoms. The van der Waals surface area contributed by atoms with Crippen LogP contribution in [0.3, 0.4) is 0 Å². The molecular weight excluding hydrogens is 220 g/mol. The largest absolute Gasteiger partial charge is 0.359 e. The first-order chi connectivity index (χ1) is 8.24. The number of aryl methyl sites for hydroxylation is 2. The molecule has 0 amide bonds. The van der Waals surface area contributed by atoms with Crippen LogP contribution in [0.25, 0.3) is 0 Å². The van der Waals surface area contributed by atoms with E-state index in [4.69, 9.17) is 0 Å². The summed E-state index contributed by atoms with van der Waals surface area (Å²) in [7, 11) is 0. The maximum absolute atomic E-state index is 3.55. The molecule has 0 saturated carbocycles. The summed E-state index contributed by atoms with van der Waals surface area (Å²) in [6.45, 7) is 15.7. The number of rotatable bonds is 1. The van der Waals surface area contributed by atoms with E-state index in [2.05, 4.69) is 70.0 Å². The van der Waals surface area contributed by atoms with Crippen LogP contribution < -0.4 is 10.2 Å². The smallest absolute Gasteiger partial charge is 0.0476 e. The minimum atomic E-state index is 0.141. The Morgan fingerprint density at radius 3 is 2.06 bits per heavy atom. The molecule has 100 valence electrons. The Bertz CT molecular complexity index is 430. The molecule has 0 aromatic heterocycles. The van der Waals surface area contributed by atoms with Gasteiger partial charge in [-0.25, -0.2) is 0 Å². The Labute approximate surface area is 111 Å². The van der Waals surface area contributed by atoms with Crippen LogP contribution in [-0.4, -0.2) is 24.2 Å². The summed E-state index contributed by atoms with van der Waals surface area (Å²) < 4.78 is 0. The van der Waals surface area contributed by atoms with Crippen LogP contribution in [-0.2, 0) is 0 Å². The number of anilines is 1. The molecule has 1 saturated heterocycles. The maximum atomic E-state index is 3.55. The van der Waals surface area contributed by atoms with Crippen molar-refractivity contribution < 1.29 is 0 Å². The molecule has 0 radical (unpaired) electrons. The topological polar surface area (TPSA) is 15.3 Å². The molecule has 1 N–H and O–H groups in total. The normalized spacial score (nSPS) is 22.0. The zero-order chi connectivity index (χ0) is 13.6. The zero-order valence-electron chi connectivity index (χ0n) is 12.6. The summed E-state index contributed by atoms with van der Waals surface area (Å²) in [6, 6.07) is 6.78. The molecule has 0 aliphatic carbocycles. The lowest BCUT2D eigenvalue weighted by Gasteiger charge is -2.55. The van der Waals surface area contributed by atoms with E-state index in [1.165, 1.54) is 16.8 Å². The summed E-state index contributed by atoms with van der Waals surface area (Å²) in [5, 5.41) is 3.55. The third-order valence-corrected chi connectivity index (χ3v) is 3.92. The average Bonchev–Trinajstić information content (AvgIpc) is 2.19. The van der Waals surface area contributed by atoms with Gasteiger partial charge in [-0.3, -0.25) is 0 Å². The van der Waals surface area contributed by atoms with E-state index in [-0.39, 0.29) is 11.1 Å². The lowest BCUT2D eigenvalue weighted by atomic mass is 9.87. The van der Waals surface area contributed by atoms with Gasteiger partial charge in [0.15, 0.2) is 0 Å². The highest BCUT2D eigenvalue weighted by Gasteiger charge is 2.41. The van der Waals surface area contributed by atoms with Crippen LogP contribution in [0.15, 0.2) is 18.2 Å². The second-order valence-electron chi connectivity index (χ2n) is 6.85. The molecule has 2 heteroatoms. The van der Waals surface area contributed by atoms with Crippen LogP contribution in [0.2, 0.25) is 0 Å². The molecule has 0 unspecified atom stereocenters. The zero-order valence-corrected chi connectivity index (χ0v) is 12.6. The van der Waals surface area contributed by atoms with E-state index < -0.39 is 0 Å². The lowest BCUT2D eigenvalue weighted by molar-refractivity contribution is 0.263. The fourth-order valence-corrected chi connectivity index (χ4v) is 3.36. The van der Waals surface area contributed by atoms with Gasteiger partial charge >= 0.3 is 0 Å². The van der Waals surface area contributed by atoms with E-state index in [0.29, 0.717) is 0 Å². The number of nitrogens with zero attached hydrogens (tertiary/aromatic N) is 1. The predicted molar refractivity (Wildman–Crippen MR) is 79.4 cm³/mol. The quantitative estimate of drug-likeness (QED) is 0.818. The van der Waals surface area contributed by atoms with Crippen molar-refractivity contribution in [2.45, 2.75) is 52.6 Å². The van der Waals surface area contributed by atoms with Crippen LogP contribution >= 0.6 is 0 Å². The van der Waals surface area contributed by atoms with E-state index in [9.17, 15) is 0 Å². The minimum absolute atomic E-state index is 0.141. The fraction of sp³-hybridized carbons (Fsp3) is 0.625. The van der Waals surface area contributed by atoms with Gasteiger partial charge in [-0.05, 0) is 53.2 Å². The third kappa shape index (κ3) is 2.26. The number of hydrogen-bond donors (Lipinski definition) is 1. The summed E-state index contributed by atoms with van der Waals surface area (Å²) >= 11 is 0. The molecule has 1 heterocycles. The highest BCUT2D eigenvalue weighted by molar-refractivity contribution is 5.58. The molecule has 0 atom stereocenters. The Morgan fingerprint density at radius 2 is 1.56 bits per heavy atom. The molecule has 1 aromatic carbocycles. The van der Waals surface area contributed by atoms with Crippen molar-refractivity contribution in [1.29, 1.82) is 0 Å². The highest BCUT2D eigenvalue weighted by atomic mass is 15.3. The fourth-order valence-electron chi connectivity index (χ4n) is 3.36. The first-order valence-electron chi connectivity index (χ1n) is 6.82. The Balaban J connectivity index is 2.51. The Morgan fingerprint density at radius 1 is 1.00 bits per heavy atom. The first-order valence-corrected chi connectivity index (χ1v) is 6.82. The van der Waals surface area contributed by atoms with Gasteiger partial charge in [0.2, 0.25) is 0 Å². The molecule has 1 aliphatic heterocycles. The second-order valence-corrected chi connectivity index (χ2v) is 6.85. The summed E-state index contributed by atoms with van der Waals surface area (Å²) in [5.41, 5.74) is 4.36. The van der Waals surface area contributed by atoms with E-state index in [1.807, 2.05) is 0 Å². The van der Waals surface area contributed by atoms with Crippen molar-refractivity contribution in [3.63, 3.8) is 0 Å². The van der Waals surface area contributed by atoms with Crippen molar-refractivity contribution in [3.8, 4) is 0 Å². The summed E-state index contributed by atoms with van der Waals surface area (Å²) in [4.78, 5) is 2.59. The van der Waals surface area contributed by atoms with Gasteiger partial charge in [0.05, 0.1) is 0 Å². The molecule has 2 rings (SSSR count). The van der Waals surface area contributed by atoms with Crippen molar-refractivity contribution in [1.82, 2.24) is 5.32 Å². The highest BCUT2D eigenvalue weighted by Crippen LogP contribution is 2.36. The molecule has 2 nitrogen and oxygen atoms in total. The SMILES string of the molecule is Cc1ccc(N2C(C)(C)CNCC2(C)C)c(C)c1. The van der Waals surface area contributed by atoms with Crippen LogP contribution in [0, 0.1) is 13.8 Å².